The fourth-order valence-electron chi connectivity index (χ4n) is 2.09. The van der Waals surface area contributed by atoms with E-state index in [1.165, 1.54) is 19.2 Å². The zero-order valence-electron chi connectivity index (χ0n) is 10.9. The number of rotatable bonds is 4. The lowest BCUT2D eigenvalue weighted by Crippen LogP contribution is -2.44. The van der Waals surface area contributed by atoms with E-state index in [0.29, 0.717) is 11.4 Å². The van der Waals surface area contributed by atoms with Crippen molar-refractivity contribution in [3.63, 3.8) is 0 Å². The summed E-state index contributed by atoms with van der Waals surface area (Å²) in [5.74, 6) is 0.469. The molecule has 1 heterocycles. The van der Waals surface area contributed by atoms with E-state index in [1.54, 1.807) is 11.1 Å². The van der Waals surface area contributed by atoms with Gasteiger partial charge in [-0.05, 0) is 31.0 Å². The van der Waals surface area contributed by atoms with Crippen LogP contribution < -0.4 is 15.3 Å². The molecule has 6 nitrogen and oxygen atoms in total. The summed E-state index contributed by atoms with van der Waals surface area (Å²) in [5.41, 5.74) is 6.04. The summed E-state index contributed by atoms with van der Waals surface area (Å²) in [6.07, 6.45) is 3.16. The van der Waals surface area contributed by atoms with Gasteiger partial charge in [0, 0.05) is 13.1 Å². The van der Waals surface area contributed by atoms with Crippen molar-refractivity contribution in [1.29, 1.82) is 0 Å². The van der Waals surface area contributed by atoms with Crippen molar-refractivity contribution >= 4 is 15.7 Å². The van der Waals surface area contributed by atoms with Crippen molar-refractivity contribution in [2.24, 2.45) is 0 Å². The number of methoxy groups -OCH3 is 1. The number of hydrogen-bond donors (Lipinski definition) is 2. The van der Waals surface area contributed by atoms with Crippen molar-refractivity contribution in [2.45, 2.75) is 24.2 Å². The molecule has 0 saturated carbocycles. The van der Waals surface area contributed by atoms with Crippen LogP contribution in [0.15, 0.2) is 23.1 Å². The molecule has 0 aliphatic carbocycles. The summed E-state index contributed by atoms with van der Waals surface area (Å²) in [6.45, 7) is 1.48. The number of piperidine rings is 1. The third kappa shape index (κ3) is 3.37. The Labute approximate surface area is 113 Å². The first-order chi connectivity index (χ1) is 9.03. The normalized spacial score (nSPS) is 17.3. The largest absolute Gasteiger partial charge is 0.495 e. The summed E-state index contributed by atoms with van der Waals surface area (Å²) in [7, 11) is -2.08. The highest BCUT2D eigenvalue weighted by molar-refractivity contribution is 7.89. The highest BCUT2D eigenvalue weighted by atomic mass is 32.2. The predicted octanol–water partition coefficient (Wildman–Crippen LogP) is 0.957. The van der Waals surface area contributed by atoms with Crippen LogP contribution in [0.25, 0.3) is 0 Å². The van der Waals surface area contributed by atoms with Gasteiger partial charge in [0.05, 0.1) is 17.7 Å². The molecule has 1 aliphatic heterocycles. The van der Waals surface area contributed by atoms with E-state index < -0.39 is 10.0 Å². The molecule has 1 fully saturated rings. The molecule has 0 radical (unpaired) electrons. The van der Waals surface area contributed by atoms with E-state index in [2.05, 4.69) is 4.83 Å². The Kier molecular flexibility index (Phi) is 4.28. The van der Waals surface area contributed by atoms with Crippen LogP contribution in [0.4, 0.5) is 5.69 Å². The number of anilines is 1. The van der Waals surface area contributed by atoms with Gasteiger partial charge in [0.15, 0.2) is 0 Å². The second-order valence-electron chi connectivity index (χ2n) is 4.55. The van der Waals surface area contributed by atoms with Gasteiger partial charge < -0.3 is 10.5 Å². The first-order valence-corrected chi connectivity index (χ1v) is 7.72. The number of hydrogen-bond acceptors (Lipinski definition) is 5. The van der Waals surface area contributed by atoms with Crippen LogP contribution in [-0.4, -0.2) is 33.6 Å². The number of nitrogen functional groups attached to an aromatic ring is 1. The molecule has 1 aromatic carbocycles. The molecule has 1 aromatic rings. The third-order valence-corrected chi connectivity index (χ3v) is 4.49. The van der Waals surface area contributed by atoms with Gasteiger partial charge in [-0.2, -0.15) is 0 Å². The second kappa shape index (κ2) is 5.77. The number of nitrogens with one attached hydrogen (secondary N) is 1. The molecule has 0 bridgehead atoms. The van der Waals surface area contributed by atoms with Crippen LogP contribution in [0.5, 0.6) is 5.75 Å². The number of benzene rings is 1. The molecular formula is C12H19N3O3S. The zero-order valence-corrected chi connectivity index (χ0v) is 11.7. The van der Waals surface area contributed by atoms with E-state index in [4.69, 9.17) is 10.5 Å². The maximum Gasteiger partial charge on any atom is 0.253 e. The highest BCUT2D eigenvalue weighted by Gasteiger charge is 2.20. The number of ether oxygens (including phenoxy) is 1. The molecule has 1 aliphatic rings. The van der Waals surface area contributed by atoms with E-state index in [1.807, 2.05) is 0 Å². The smallest absolute Gasteiger partial charge is 0.253 e. The lowest BCUT2D eigenvalue weighted by molar-refractivity contribution is 0.200. The number of nitrogens with zero attached hydrogens (tertiary/aromatic N) is 1. The Hall–Kier alpha value is -1.31. The van der Waals surface area contributed by atoms with Crippen molar-refractivity contribution in [3.8, 4) is 5.75 Å². The summed E-state index contributed by atoms with van der Waals surface area (Å²) in [4.78, 5) is 2.73. The Morgan fingerprint density at radius 3 is 2.53 bits per heavy atom. The fourth-order valence-corrected chi connectivity index (χ4v) is 3.24. The second-order valence-corrected chi connectivity index (χ2v) is 6.21. The summed E-state index contributed by atoms with van der Waals surface area (Å²) < 4.78 is 29.4. The quantitative estimate of drug-likeness (QED) is 0.805. The average Bonchev–Trinajstić information content (AvgIpc) is 2.39. The first kappa shape index (κ1) is 14.1. The lowest BCUT2D eigenvalue weighted by atomic mass is 10.2. The molecule has 0 aromatic heterocycles. The molecule has 0 atom stereocenters. The van der Waals surface area contributed by atoms with Gasteiger partial charge in [0.25, 0.3) is 10.0 Å². The van der Waals surface area contributed by atoms with Gasteiger partial charge in [-0.25, -0.2) is 13.4 Å². The minimum absolute atomic E-state index is 0.149. The van der Waals surface area contributed by atoms with Crippen LogP contribution in [0, 0.1) is 0 Å². The van der Waals surface area contributed by atoms with Gasteiger partial charge in [-0.15, -0.1) is 4.83 Å². The monoisotopic (exact) mass is 285 g/mol. The Morgan fingerprint density at radius 2 is 1.95 bits per heavy atom. The Bertz CT molecular complexity index is 539. The van der Waals surface area contributed by atoms with Gasteiger partial charge in [0.2, 0.25) is 0 Å². The molecule has 7 heteroatoms. The molecule has 0 unspecified atom stereocenters. The van der Waals surface area contributed by atoms with Gasteiger partial charge >= 0.3 is 0 Å². The standard InChI is InChI=1S/C12H19N3O3S/c1-18-12-6-5-10(9-11(12)13)19(16,17)14-15-7-3-2-4-8-15/h5-6,9,14H,2-4,7-8,13H2,1H3. The van der Waals surface area contributed by atoms with Gasteiger partial charge in [0.1, 0.15) is 5.75 Å². The SMILES string of the molecule is COc1ccc(S(=O)(=O)NN2CCCCC2)cc1N. The van der Waals surface area contributed by atoms with E-state index >= 15 is 0 Å². The average molecular weight is 285 g/mol. The number of hydrazine groups is 1. The molecule has 19 heavy (non-hydrogen) atoms. The summed E-state index contributed by atoms with van der Waals surface area (Å²) in [5, 5.41) is 1.74. The lowest BCUT2D eigenvalue weighted by Gasteiger charge is -2.26. The summed E-state index contributed by atoms with van der Waals surface area (Å²) in [6, 6.07) is 4.45. The molecule has 2 rings (SSSR count). The molecule has 106 valence electrons. The molecule has 3 N–H and O–H groups in total. The zero-order chi connectivity index (χ0) is 13.9. The molecular weight excluding hydrogens is 266 g/mol. The minimum Gasteiger partial charge on any atom is -0.495 e. The van der Waals surface area contributed by atoms with Crippen LogP contribution in [0.3, 0.4) is 0 Å². The molecule has 1 saturated heterocycles. The van der Waals surface area contributed by atoms with Crippen molar-refractivity contribution in [2.75, 3.05) is 25.9 Å². The maximum atomic E-state index is 12.2. The third-order valence-electron chi connectivity index (χ3n) is 3.12. The van der Waals surface area contributed by atoms with Crippen molar-refractivity contribution in [1.82, 2.24) is 9.84 Å². The Balaban J connectivity index is 2.16. The minimum atomic E-state index is -3.57. The fraction of sp³-hybridized carbons (Fsp3) is 0.500. The van der Waals surface area contributed by atoms with Crippen LogP contribution in [-0.2, 0) is 10.0 Å². The van der Waals surface area contributed by atoms with Crippen LogP contribution >= 0.6 is 0 Å². The van der Waals surface area contributed by atoms with Gasteiger partial charge in [-0.3, -0.25) is 0 Å². The van der Waals surface area contributed by atoms with E-state index in [0.717, 1.165) is 32.4 Å². The topological polar surface area (TPSA) is 84.7 Å². The van der Waals surface area contributed by atoms with Crippen LogP contribution in [0.1, 0.15) is 19.3 Å². The number of sulfonamides is 1. The van der Waals surface area contributed by atoms with E-state index in [-0.39, 0.29) is 4.90 Å². The maximum absolute atomic E-state index is 12.2. The number of nitrogens with two attached hydrogens (primary N) is 1. The first-order valence-electron chi connectivity index (χ1n) is 6.24. The molecule has 0 amide bonds. The van der Waals surface area contributed by atoms with E-state index in [9.17, 15) is 8.42 Å². The molecule has 0 spiro atoms. The van der Waals surface area contributed by atoms with Gasteiger partial charge in [-0.1, -0.05) is 6.42 Å². The van der Waals surface area contributed by atoms with Crippen molar-refractivity contribution < 1.29 is 13.2 Å². The Morgan fingerprint density at radius 1 is 1.26 bits per heavy atom. The van der Waals surface area contributed by atoms with Crippen molar-refractivity contribution in [3.05, 3.63) is 18.2 Å². The summed E-state index contributed by atoms with van der Waals surface area (Å²) >= 11 is 0. The highest BCUT2D eigenvalue weighted by Crippen LogP contribution is 2.24. The van der Waals surface area contributed by atoms with Crippen LogP contribution in [0.2, 0.25) is 0 Å². The predicted molar refractivity (Wildman–Crippen MR) is 73.2 cm³/mol.